The van der Waals surface area contributed by atoms with E-state index in [1.165, 1.54) is 28.1 Å². The van der Waals surface area contributed by atoms with E-state index >= 15 is 0 Å². The molecule has 0 bridgehead atoms. The number of hydrogen-bond donors (Lipinski definition) is 0. The largest absolute Gasteiger partial charge is 0.338 e. The highest BCUT2D eigenvalue weighted by Crippen LogP contribution is 2.63. The van der Waals surface area contributed by atoms with E-state index in [0.717, 1.165) is 0 Å². The SMILES string of the molecule is COP(=O)(OC)C(c1ccccc1)C(C(C)=O)C(C)=O. The Morgan fingerprint density at radius 3 is 1.80 bits per heavy atom. The molecule has 5 nitrogen and oxygen atoms in total. The van der Waals surface area contributed by atoms with Crippen molar-refractivity contribution in [2.24, 2.45) is 5.92 Å². The van der Waals surface area contributed by atoms with Crippen molar-refractivity contribution in [2.45, 2.75) is 19.5 Å². The number of carbonyl (C=O) groups excluding carboxylic acids is 2. The molecule has 1 atom stereocenters. The van der Waals surface area contributed by atoms with Crippen molar-refractivity contribution < 1.29 is 23.2 Å². The predicted molar refractivity (Wildman–Crippen MR) is 75.7 cm³/mol. The maximum Gasteiger partial charge on any atom is 0.338 e. The lowest BCUT2D eigenvalue weighted by molar-refractivity contribution is -0.130. The summed E-state index contributed by atoms with van der Waals surface area (Å²) in [5, 5.41) is 0. The van der Waals surface area contributed by atoms with Crippen molar-refractivity contribution in [1.29, 1.82) is 0 Å². The molecule has 20 heavy (non-hydrogen) atoms. The molecule has 1 aromatic carbocycles. The zero-order valence-corrected chi connectivity index (χ0v) is 12.9. The van der Waals surface area contributed by atoms with Gasteiger partial charge in [-0.05, 0) is 19.4 Å². The van der Waals surface area contributed by atoms with Crippen LogP contribution in [0.5, 0.6) is 0 Å². The normalized spacial score (nSPS) is 13.2. The molecule has 0 fully saturated rings. The molecule has 0 radical (unpaired) electrons. The zero-order valence-electron chi connectivity index (χ0n) is 12.0. The van der Waals surface area contributed by atoms with E-state index in [1.807, 2.05) is 0 Å². The molecule has 0 aliphatic heterocycles. The average molecular weight is 298 g/mol. The third-order valence-electron chi connectivity index (χ3n) is 3.18. The standard InChI is InChI=1S/C14H19O5P/c1-10(15)13(11(2)16)14(20(17,18-3)19-4)12-8-6-5-7-9-12/h5-9,13-14H,1-4H3. The minimum absolute atomic E-state index is 0.360. The summed E-state index contributed by atoms with van der Waals surface area (Å²) in [7, 11) is -1.12. The smallest absolute Gasteiger partial charge is 0.311 e. The van der Waals surface area contributed by atoms with Crippen molar-refractivity contribution in [2.75, 3.05) is 14.2 Å². The molecule has 0 heterocycles. The van der Waals surface area contributed by atoms with E-state index in [1.54, 1.807) is 30.3 Å². The van der Waals surface area contributed by atoms with Crippen molar-refractivity contribution >= 4 is 19.2 Å². The van der Waals surface area contributed by atoms with Gasteiger partial charge in [-0.1, -0.05) is 30.3 Å². The van der Waals surface area contributed by atoms with Crippen molar-refractivity contribution in [1.82, 2.24) is 0 Å². The first-order chi connectivity index (χ1) is 9.37. The quantitative estimate of drug-likeness (QED) is 0.571. The monoisotopic (exact) mass is 298 g/mol. The summed E-state index contributed by atoms with van der Waals surface area (Å²) in [5.74, 6) is -1.77. The minimum atomic E-state index is -3.62. The number of rotatable bonds is 7. The van der Waals surface area contributed by atoms with Gasteiger partial charge < -0.3 is 9.05 Å². The van der Waals surface area contributed by atoms with Gasteiger partial charge in [0.15, 0.2) is 0 Å². The van der Waals surface area contributed by atoms with Crippen molar-refractivity contribution in [3.8, 4) is 0 Å². The second-order valence-electron chi connectivity index (χ2n) is 4.46. The van der Waals surface area contributed by atoms with Crippen LogP contribution in [0.2, 0.25) is 0 Å². The Kier molecular flexibility index (Phi) is 5.81. The number of hydrogen-bond acceptors (Lipinski definition) is 5. The van der Waals surface area contributed by atoms with Gasteiger partial charge in [-0.3, -0.25) is 14.2 Å². The van der Waals surface area contributed by atoms with Gasteiger partial charge in [0.05, 0.1) is 5.92 Å². The van der Waals surface area contributed by atoms with E-state index in [0.29, 0.717) is 5.56 Å². The lowest BCUT2D eigenvalue weighted by Gasteiger charge is -2.29. The highest BCUT2D eigenvalue weighted by molar-refractivity contribution is 7.54. The van der Waals surface area contributed by atoms with E-state index in [-0.39, 0.29) is 11.6 Å². The Bertz CT molecular complexity index is 504. The van der Waals surface area contributed by atoms with Crippen LogP contribution >= 0.6 is 7.60 Å². The molecule has 0 aliphatic carbocycles. The Morgan fingerprint density at radius 2 is 1.45 bits per heavy atom. The Morgan fingerprint density at radius 1 is 1.00 bits per heavy atom. The molecule has 0 amide bonds. The van der Waals surface area contributed by atoms with Crippen LogP contribution in [0.25, 0.3) is 0 Å². The third-order valence-corrected chi connectivity index (χ3v) is 5.48. The maximum atomic E-state index is 12.8. The molecule has 0 saturated heterocycles. The number of Topliss-reactive ketones (excluding diaryl/α,β-unsaturated/α-hetero) is 2. The minimum Gasteiger partial charge on any atom is -0.311 e. The van der Waals surface area contributed by atoms with Gasteiger partial charge in [0.1, 0.15) is 17.2 Å². The lowest BCUT2D eigenvalue weighted by Crippen LogP contribution is -2.28. The fraction of sp³-hybridized carbons (Fsp3) is 0.429. The fourth-order valence-corrected chi connectivity index (χ4v) is 4.17. The van der Waals surface area contributed by atoms with Gasteiger partial charge in [0.25, 0.3) is 0 Å². The fourth-order valence-electron chi connectivity index (χ4n) is 2.24. The number of ketones is 2. The van der Waals surface area contributed by atoms with Gasteiger partial charge >= 0.3 is 7.60 Å². The Hall–Kier alpha value is -1.29. The van der Waals surface area contributed by atoms with E-state index in [2.05, 4.69) is 0 Å². The van der Waals surface area contributed by atoms with E-state index < -0.39 is 19.2 Å². The lowest BCUT2D eigenvalue weighted by atomic mass is 9.92. The van der Waals surface area contributed by atoms with Gasteiger partial charge in [-0.25, -0.2) is 0 Å². The van der Waals surface area contributed by atoms with Gasteiger partial charge in [-0.15, -0.1) is 0 Å². The summed E-state index contributed by atoms with van der Waals surface area (Å²) < 4.78 is 22.8. The molecule has 0 saturated carbocycles. The van der Waals surface area contributed by atoms with E-state index in [4.69, 9.17) is 9.05 Å². The summed E-state index contributed by atoms with van der Waals surface area (Å²) in [6.07, 6.45) is 0. The second kappa shape index (κ2) is 6.93. The predicted octanol–water partition coefficient (Wildman–Crippen LogP) is 3.01. The van der Waals surface area contributed by atoms with Crippen molar-refractivity contribution in [3.63, 3.8) is 0 Å². The molecule has 0 aliphatic rings. The molecular formula is C14H19O5P. The summed E-state index contributed by atoms with van der Waals surface area (Å²) >= 11 is 0. The first-order valence-electron chi connectivity index (χ1n) is 6.14. The molecule has 0 aromatic heterocycles. The van der Waals surface area contributed by atoms with Crippen LogP contribution in [0.3, 0.4) is 0 Å². The van der Waals surface area contributed by atoms with Gasteiger partial charge in [0, 0.05) is 14.2 Å². The van der Waals surface area contributed by atoms with Gasteiger partial charge in [0.2, 0.25) is 0 Å². The highest BCUT2D eigenvalue weighted by Gasteiger charge is 2.45. The molecule has 0 spiro atoms. The Labute approximate surface area is 118 Å². The van der Waals surface area contributed by atoms with Gasteiger partial charge in [-0.2, -0.15) is 0 Å². The molecule has 0 N–H and O–H groups in total. The first-order valence-corrected chi connectivity index (χ1v) is 7.75. The molecule has 1 unspecified atom stereocenters. The second-order valence-corrected chi connectivity index (χ2v) is 6.83. The molecule has 1 rings (SSSR count). The topological polar surface area (TPSA) is 69.7 Å². The molecular weight excluding hydrogens is 279 g/mol. The van der Waals surface area contributed by atoms with Crippen molar-refractivity contribution in [3.05, 3.63) is 35.9 Å². The van der Waals surface area contributed by atoms with Crippen LogP contribution in [-0.4, -0.2) is 25.8 Å². The number of benzene rings is 1. The summed E-state index contributed by atoms with van der Waals surface area (Å²) in [4.78, 5) is 23.7. The summed E-state index contributed by atoms with van der Waals surface area (Å²) in [6, 6.07) is 8.69. The Balaban J connectivity index is 3.46. The van der Waals surface area contributed by atoms with Crippen LogP contribution < -0.4 is 0 Å². The third kappa shape index (κ3) is 3.42. The van der Waals surface area contributed by atoms with Crippen LogP contribution in [0.4, 0.5) is 0 Å². The van der Waals surface area contributed by atoms with Crippen LogP contribution in [0.1, 0.15) is 25.1 Å². The number of carbonyl (C=O) groups is 2. The zero-order chi connectivity index (χ0) is 15.3. The first kappa shape index (κ1) is 16.8. The average Bonchev–Trinajstić information content (AvgIpc) is 2.43. The van der Waals surface area contributed by atoms with Crippen LogP contribution in [0, 0.1) is 5.92 Å². The highest BCUT2D eigenvalue weighted by atomic mass is 31.2. The molecule has 6 heteroatoms. The van der Waals surface area contributed by atoms with Crippen LogP contribution in [0.15, 0.2) is 30.3 Å². The van der Waals surface area contributed by atoms with E-state index in [9.17, 15) is 14.2 Å². The van der Waals surface area contributed by atoms with Crippen LogP contribution in [-0.2, 0) is 23.2 Å². The maximum absolute atomic E-state index is 12.8. The summed E-state index contributed by atoms with van der Waals surface area (Å²) in [5.41, 5.74) is -0.358. The summed E-state index contributed by atoms with van der Waals surface area (Å²) in [6.45, 7) is 2.61. The molecule has 1 aromatic rings. The molecule has 110 valence electrons.